The minimum Gasteiger partial charge on any atom is -0.480 e. The van der Waals surface area contributed by atoms with Crippen molar-refractivity contribution >= 4 is 18.3 Å². The third kappa shape index (κ3) is 8.98. The van der Waals surface area contributed by atoms with Crippen LogP contribution in [0, 0.1) is 0 Å². The van der Waals surface area contributed by atoms with Gasteiger partial charge in [0.1, 0.15) is 12.1 Å². The van der Waals surface area contributed by atoms with Crippen LogP contribution in [0.5, 0.6) is 0 Å². The maximum absolute atomic E-state index is 12.0. The number of rotatable bonds is 13. The number of aliphatic carboxylic acids is 1. The molecule has 0 aromatic carbocycles. The zero-order valence-corrected chi connectivity index (χ0v) is 12.2. The third-order valence-corrected chi connectivity index (χ3v) is 3.09. The molecule has 0 rings (SSSR count). The standard InChI is InChI=1S/C13H26N4O4/c14-7-3-1-5-10(16-9-18)12(19)17-11(13(20)21)6-2-4-8-15/h9-11H,1-8,14-15H2,(H,16,18)(H,17,19)(H,20,21). The van der Waals surface area contributed by atoms with Gasteiger partial charge in [0.25, 0.3) is 0 Å². The van der Waals surface area contributed by atoms with Gasteiger partial charge in [0.15, 0.2) is 0 Å². The number of carboxylic acid groups (broad SMARTS) is 1. The first-order valence-electron chi connectivity index (χ1n) is 7.19. The summed E-state index contributed by atoms with van der Waals surface area (Å²) in [6, 6.07) is -1.69. The first kappa shape index (κ1) is 19.3. The summed E-state index contributed by atoms with van der Waals surface area (Å²) in [7, 11) is 0. The molecule has 0 aromatic rings. The molecule has 0 aliphatic rings. The van der Waals surface area contributed by atoms with Crippen molar-refractivity contribution in [1.29, 1.82) is 0 Å². The average Bonchev–Trinajstić information content (AvgIpc) is 2.45. The Balaban J connectivity index is 4.44. The molecule has 0 aliphatic heterocycles. The summed E-state index contributed by atoms with van der Waals surface area (Å²) in [6.07, 6.45) is 3.92. The molecule has 7 N–H and O–H groups in total. The highest BCUT2D eigenvalue weighted by Gasteiger charge is 2.24. The highest BCUT2D eigenvalue weighted by atomic mass is 16.4. The molecular weight excluding hydrogens is 276 g/mol. The van der Waals surface area contributed by atoms with Crippen LogP contribution >= 0.6 is 0 Å². The lowest BCUT2D eigenvalue weighted by atomic mass is 10.1. The first-order valence-corrected chi connectivity index (χ1v) is 7.19. The molecule has 0 aliphatic carbocycles. The third-order valence-electron chi connectivity index (χ3n) is 3.09. The molecule has 2 atom stereocenters. The number of hydrogen-bond acceptors (Lipinski definition) is 5. The van der Waals surface area contributed by atoms with Gasteiger partial charge in [0, 0.05) is 0 Å². The van der Waals surface area contributed by atoms with Gasteiger partial charge in [-0.3, -0.25) is 9.59 Å². The average molecular weight is 302 g/mol. The monoisotopic (exact) mass is 302 g/mol. The Kier molecular flexibility index (Phi) is 11.1. The molecule has 122 valence electrons. The van der Waals surface area contributed by atoms with Crippen LogP contribution in [0.25, 0.3) is 0 Å². The number of carbonyl (C=O) groups is 3. The van der Waals surface area contributed by atoms with E-state index in [4.69, 9.17) is 16.6 Å². The predicted octanol–water partition coefficient (Wildman–Crippen LogP) is -1.07. The zero-order valence-electron chi connectivity index (χ0n) is 12.2. The molecule has 0 aromatic heterocycles. The van der Waals surface area contributed by atoms with Crippen molar-refractivity contribution in [2.24, 2.45) is 11.5 Å². The Morgan fingerprint density at radius 1 is 1.00 bits per heavy atom. The van der Waals surface area contributed by atoms with E-state index in [1.807, 2.05) is 0 Å². The minimum atomic E-state index is -1.09. The van der Waals surface area contributed by atoms with Gasteiger partial charge in [-0.2, -0.15) is 0 Å². The lowest BCUT2D eigenvalue weighted by molar-refractivity contribution is -0.142. The molecular formula is C13H26N4O4. The fourth-order valence-corrected chi connectivity index (χ4v) is 1.89. The second-order valence-electron chi connectivity index (χ2n) is 4.81. The van der Waals surface area contributed by atoms with Crippen molar-refractivity contribution in [3.63, 3.8) is 0 Å². The van der Waals surface area contributed by atoms with Gasteiger partial charge >= 0.3 is 5.97 Å². The summed E-state index contributed by atoms with van der Waals surface area (Å²) < 4.78 is 0. The Hall–Kier alpha value is -1.67. The molecule has 0 heterocycles. The summed E-state index contributed by atoms with van der Waals surface area (Å²) in [5.74, 6) is -1.58. The van der Waals surface area contributed by atoms with Crippen LogP contribution in [0.4, 0.5) is 0 Å². The number of carbonyl (C=O) groups excluding carboxylic acids is 2. The topological polar surface area (TPSA) is 148 Å². The Morgan fingerprint density at radius 3 is 1.95 bits per heavy atom. The number of unbranched alkanes of at least 4 members (excludes halogenated alkanes) is 2. The van der Waals surface area contributed by atoms with Crippen molar-refractivity contribution in [2.75, 3.05) is 13.1 Å². The van der Waals surface area contributed by atoms with Gasteiger partial charge in [-0.05, 0) is 51.6 Å². The van der Waals surface area contributed by atoms with Crippen LogP contribution < -0.4 is 22.1 Å². The molecule has 0 radical (unpaired) electrons. The quantitative estimate of drug-likeness (QED) is 0.216. The molecule has 0 bridgehead atoms. The number of amides is 2. The predicted molar refractivity (Wildman–Crippen MR) is 78.4 cm³/mol. The summed E-state index contributed by atoms with van der Waals surface area (Å²) in [5, 5.41) is 14.0. The van der Waals surface area contributed by atoms with E-state index in [2.05, 4.69) is 10.6 Å². The SMILES string of the molecule is NCCCCC(NC(=O)C(CCCCN)NC=O)C(=O)O. The molecule has 0 fully saturated rings. The lowest BCUT2D eigenvalue weighted by Crippen LogP contribution is -2.50. The molecule has 0 saturated heterocycles. The normalized spacial score (nSPS) is 13.2. The largest absolute Gasteiger partial charge is 0.480 e. The van der Waals surface area contributed by atoms with E-state index in [0.29, 0.717) is 51.6 Å². The van der Waals surface area contributed by atoms with Gasteiger partial charge < -0.3 is 27.2 Å². The number of nitrogens with two attached hydrogens (primary N) is 2. The Bertz CT molecular complexity index is 325. The maximum atomic E-state index is 12.0. The van der Waals surface area contributed by atoms with Gasteiger partial charge in [-0.25, -0.2) is 4.79 Å². The van der Waals surface area contributed by atoms with Crippen molar-refractivity contribution in [3.8, 4) is 0 Å². The maximum Gasteiger partial charge on any atom is 0.326 e. The van der Waals surface area contributed by atoms with Crippen LogP contribution in [-0.2, 0) is 14.4 Å². The molecule has 8 nitrogen and oxygen atoms in total. The van der Waals surface area contributed by atoms with Gasteiger partial charge in [0.05, 0.1) is 0 Å². The molecule has 21 heavy (non-hydrogen) atoms. The van der Waals surface area contributed by atoms with Gasteiger partial charge in [0.2, 0.25) is 12.3 Å². The first-order chi connectivity index (χ1) is 10.1. The summed E-state index contributed by atoms with van der Waals surface area (Å²) in [5.41, 5.74) is 10.7. The van der Waals surface area contributed by atoms with Gasteiger partial charge in [-0.1, -0.05) is 0 Å². The van der Waals surface area contributed by atoms with E-state index in [9.17, 15) is 14.4 Å². The molecule has 8 heteroatoms. The molecule has 0 spiro atoms. The van der Waals surface area contributed by atoms with E-state index in [1.54, 1.807) is 0 Å². The highest BCUT2D eigenvalue weighted by molar-refractivity contribution is 5.88. The van der Waals surface area contributed by atoms with Crippen molar-refractivity contribution in [1.82, 2.24) is 10.6 Å². The smallest absolute Gasteiger partial charge is 0.326 e. The van der Waals surface area contributed by atoms with E-state index in [-0.39, 0.29) is 0 Å². The Labute approximate surface area is 124 Å². The van der Waals surface area contributed by atoms with Crippen LogP contribution in [-0.4, -0.2) is 48.6 Å². The fraction of sp³-hybridized carbons (Fsp3) is 0.769. The number of nitrogens with one attached hydrogen (secondary N) is 2. The van der Waals surface area contributed by atoms with E-state index in [1.165, 1.54) is 0 Å². The second-order valence-corrected chi connectivity index (χ2v) is 4.81. The summed E-state index contributed by atoms with van der Waals surface area (Å²) in [4.78, 5) is 33.7. The molecule has 2 amide bonds. The number of carboxylic acids is 1. The van der Waals surface area contributed by atoms with Gasteiger partial charge in [-0.15, -0.1) is 0 Å². The van der Waals surface area contributed by atoms with Crippen molar-refractivity contribution in [3.05, 3.63) is 0 Å². The summed E-state index contributed by atoms with van der Waals surface area (Å²) in [6.45, 7) is 0.987. The van der Waals surface area contributed by atoms with Crippen LogP contribution in [0.1, 0.15) is 38.5 Å². The van der Waals surface area contributed by atoms with Crippen LogP contribution in [0.2, 0.25) is 0 Å². The van der Waals surface area contributed by atoms with Crippen molar-refractivity contribution in [2.45, 2.75) is 50.6 Å². The molecule has 0 saturated carbocycles. The minimum absolute atomic E-state index is 0.314. The van der Waals surface area contributed by atoms with Crippen molar-refractivity contribution < 1.29 is 19.5 Å². The van der Waals surface area contributed by atoms with E-state index >= 15 is 0 Å². The summed E-state index contributed by atoms with van der Waals surface area (Å²) >= 11 is 0. The van der Waals surface area contributed by atoms with Crippen LogP contribution in [0.3, 0.4) is 0 Å². The number of hydrogen-bond donors (Lipinski definition) is 5. The lowest BCUT2D eigenvalue weighted by Gasteiger charge is -2.20. The molecule has 2 unspecified atom stereocenters. The fourth-order valence-electron chi connectivity index (χ4n) is 1.89. The second kappa shape index (κ2) is 12.1. The van der Waals surface area contributed by atoms with E-state index < -0.39 is 24.0 Å². The van der Waals surface area contributed by atoms with E-state index in [0.717, 1.165) is 6.42 Å². The zero-order chi connectivity index (χ0) is 16.1. The van der Waals surface area contributed by atoms with Crippen LogP contribution in [0.15, 0.2) is 0 Å². The Morgan fingerprint density at radius 2 is 1.52 bits per heavy atom. The highest BCUT2D eigenvalue weighted by Crippen LogP contribution is 2.04.